The maximum atomic E-state index is 10.9. The Kier molecular flexibility index (Phi) is 4.71. The highest BCUT2D eigenvalue weighted by molar-refractivity contribution is 6.68. The van der Waals surface area contributed by atoms with E-state index in [4.69, 9.17) is 39.5 Å². The van der Waals surface area contributed by atoms with Gasteiger partial charge < -0.3 is 10.1 Å². The van der Waals surface area contributed by atoms with Crippen molar-refractivity contribution in [1.29, 1.82) is 0 Å². The lowest BCUT2D eigenvalue weighted by Crippen LogP contribution is -2.47. The minimum atomic E-state index is -1.73. The number of benzene rings is 1. The molecule has 0 aliphatic rings. The Balaban J connectivity index is 2.75. The number of rotatable bonds is 3. The first-order valence-electron chi connectivity index (χ1n) is 4.45. The molecule has 0 bridgehead atoms. The van der Waals surface area contributed by atoms with E-state index in [-0.39, 0.29) is 5.91 Å². The van der Waals surface area contributed by atoms with Crippen molar-refractivity contribution in [2.45, 2.75) is 16.9 Å². The number of ether oxygens (including phenoxy) is 1. The van der Waals surface area contributed by atoms with Crippen LogP contribution in [0.4, 0.5) is 0 Å². The Labute approximate surface area is 109 Å². The highest BCUT2D eigenvalue weighted by atomic mass is 35.6. The number of hydrogen-bond acceptors (Lipinski definition) is 2. The second-order valence-corrected chi connectivity index (χ2v) is 5.42. The Morgan fingerprint density at radius 3 is 2.31 bits per heavy atom. The molecule has 16 heavy (non-hydrogen) atoms. The standard InChI is InChI=1S/C10H10Cl3NO2/c1-7(15)14-9(10(11,12)13)16-8-5-3-2-4-6-8/h2-6,9H,1H3,(H,14,15). The molecule has 1 amide bonds. The van der Waals surface area contributed by atoms with Gasteiger partial charge in [0.25, 0.3) is 0 Å². The largest absolute Gasteiger partial charge is 0.466 e. The third-order valence-electron chi connectivity index (χ3n) is 1.63. The summed E-state index contributed by atoms with van der Waals surface area (Å²) >= 11 is 17.1. The van der Waals surface area contributed by atoms with E-state index < -0.39 is 10.0 Å². The molecule has 0 heterocycles. The van der Waals surface area contributed by atoms with Crippen LogP contribution < -0.4 is 10.1 Å². The van der Waals surface area contributed by atoms with Gasteiger partial charge in [0.05, 0.1) is 0 Å². The lowest BCUT2D eigenvalue weighted by molar-refractivity contribution is -0.121. The lowest BCUT2D eigenvalue weighted by Gasteiger charge is -2.25. The van der Waals surface area contributed by atoms with Crippen molar-refractivity contribution in [3.63, 3.8) is 0 Å². The topological polar surface area (TPSA) is 38.3 Å². The Morgan fingerprint density at radius 2 is 1.88 bits per heavy atom. The van der Waals surface area contributed by atoms with Gasteiger partial charge in [-0.15, -0.1) is 0 Å². The summed E-state index contributed by atoms with van der Waals surface area (Å²) in [7, 11) is 0. The van der Waals surface area contributed by atoms with Gasteiger partial charge in [0, 0.05) is 6.92 Å². The molecule has 6 heteroatoms. The van der Waals surface area contributed by atoms with Gasteiger partial charge in [-0.2, -0.15) is 0 Å². The van der Waals surface area contributed by atoms with Crippen molar-refractivity contribution in [2.75, 3.05) is 0 Å². The van der Waals surface area contributed by atoms with Crippen LogP contribution in [-0.2, 0) is 4.79 Å². The van der Waals surface area contributed by atoms with E-state index >= 15 is 0 Å². The van der Waals surface area contributed by atoms with Crippen LogP contribution in [0.1, 0.15) is 6.92 Å². The number of para-hydroxylation sites is 1. The molecule has 0 fully saturated rings. The van der Waals surface area contributed by atoms with Crippen molar-refractivity contribution in [3.05, 3.63) is 30.3 Å². The maximum Gasteiger partial charge on any atom is 0.246 e. The minimum Gasteiger partial charge on any atom is -0.466 e. The maximum absolute atomic E-state index is 10.9. The molecule has 3 nitrogen and oxygen atoms in total. The van der Waals surface area contributed by atoms with Crippen LogP contribution in [0.15, 0.2) is 30.3 Å². The average Bonchev–Trinajstić information content (AvgIpc) is 2.16. The normalized spacial score (nSPS) is 13.0. The van der Waals surface area contributed by atoms with Crippen LogP contribution in [-0.4, -0.2) is 15.9 Å². The van der Waals surface area contributed by atoms with Crippen LogP contribution in [0.3, 0.4) is 0 Å². The second kappa shape index (κ2) is 5.62. The molecule has 1 aromatic rings. The first kappa shape index (κ1) is 13.4. The fourth-order valence-electron chi connectivity index (χ4n) is 0.998. The molecule has 0 radical (unpaired) electrons. The smallest absolute Gasteiger partial charge is 0.246 e. The highest BCUT2D eigenvalue weighted by Crippen LogP contribution is 2.31. The Hall–Kier alpha value is -0.640. The van der Waals surface area contributed by atoms with Gasteiger partial charge in [0.2, 0.25) is 15.9 Å². The van der Waals surface area contributed by atoms with E-state index in [9.17, 15) is 4.79 Å². The predicted molar refractivity (Wildman–Crippen MR) is 65.0 cm³/mol. The molecule has 1 rings (SSSR count). The number of carbonyl (C=O) groups excluding carboxylic acids is 1. The molecule has 0 saturated heterocycles. The van der Waals surface area contributed by atoms with Gasteiger partial charge >= 0.3 is 0 Å². The monoisotopic (exact) mass is 281 g/mol. The summed E-state index contributed by atoms with van der Waals surface area (Å²) < 4.78 is 3.63. The van der Waals surface area contributed by atoms with Crippen molar-refractivity contribution in [1.82, 2.24) is 5.32 Å². The van der Waals surface area contributed by atoms with Crippen molar-refractivity contribution in [2.24, 2.45) is 0 Å². The summed E-state index contributed by atoms with van der Waals surface area (Å²) in [6, 6.07) is 8.78. The third kappa shape index (κ3) is 4.47. The molecule has 0 spiro atoms. The highest BCUT2D eigenvalue weighted by Gasteiger charge is 2.35. The molecule has 0 aliphatic carbocycles. The number of nitrogens with one attached hydrogen (secondary N) is 1. The molecule has 0 aliphatic heterocycles. The first-order chi connectivity index (χ1) is 7.39. The van der Waals surface area contributed by atoms with E-state index in [1.165, 1.54) is 6.92 Å². The molecular formula is C10H10Cl3NO2. The van der Waals surface area contributed by atoms with Gasteiger partial charge in [0.15, 0.2) is 0 Å². The fraction of sp³-hybridized carbons (Fsp3) is 0.300. The van der Waals surface area contributed by atoms with Gasteiger partial charge in [-0.1, -0.05) is 53.0 Å². The summed E-state index contributed by atoms with van der Waals surface area (Å²) in [5.41, 5.74) is 0. The number of halogens is 3. The zero-order valence-electron chi connectivity index (χ0n) is 8.41. The Bertz CT molecular complexity index is 351. The van der Waals surface area contributed by atoms with Gasteiger partial charge in [-0.05, 0) is 12.1 Å². The van der Waals surface area contributed by atoms with Gasteiger partial charge in [-0.3, -0.25) is 4.79 Å². The number of amides is 1. The zero-order valence-corrected chi connectivity index (χ0v) is 10.7. The van der Waals surface area contributed by atoms with E-state index in [2.05, 4.69) is 5.32 Å². The SMILES string of the molecule is CC(=O)NC(Oc1ccccc1)C(Cl)(Cl)Cl. The van der Waals surface area contributed by atoms with Crippen molar-refractivity contribution in [3.8, 4) is 5.75 Å². The summed E-state index contributed by atoms with van der Waals surface area (Å²) in [5, 5.41) is 2.41. The summed E-state index contributed by atoms with van der Waals surface area (Å²) in [6.07, 6.45) is -1.03. The minimum absolute atomic E-state index is 0.341. The van der Waals surface area contributed by atoms with Crippen LogP contribution in [0.2, 0.25) is 0 Å². The molecule has 0 aromatic heterocycles. The number of hydrogen-bond donors (Lipinski definition) is 1. The quantitative estimate of drug-likeness (QED) is 0.684. The van der Waals surface area contributed by atoms with Crippen LogP contribution in [0, 0.1) is 0 Å². The van der Waals surface area contributed by atoms with E-state index in [1.807, 2.05) is 6.07 Å². The van der Waals surface area contributed by atoms with Crippen molar-refractivity contribution >= 4 is 40.7 Å². The molecule has 1 unspecified atom stereocenters. The Morgan fingerprint density at radius 1 is 1.31 bits per heavy atom. The summed E-state index contributed by atoms with van der Waals surface area (Å²) in [5.74, 6) is 0.167. The lowest BCUT2D eigenvalue weighted by atomic mass is 10.3. The number of carbonyl (C=O) groups is 1. The average molecular weight is 283 g/mol. The third-order valence-corrected chi connectivity index (χ3v) is 2.22. The van der Waals surface area contributed by atoms with E-state index in [0.29, 0.717) is 5.75 Å². The second-order valence-electron chi connectivity index (χ2n) is 3.05. The molecule has 0 saturated carbocycles. The molecule has 1 atom stereocenters. The molecule has 1 N–H and O–H groups in total. The predicted octanol–water partition coefficient (Wildman–Crippen LogP) is 2.90. The molecule has 1 aromatic carbocycles. The summed E-state index contributed by atoms with van der Waals surface area (Å²) in [6.45, 7) is 1.32. The van der Waals surface area contributed by atoms with Crippen molar-refractivity contribution < 1.29 is 9.53 Å². The zero-order chi connectivity index (χ0) is 12.2. The number of alkyl halides is 3. The van der Waals surface area contributed by atoms with Crippen LogP contribution >= 0.6 is 34.8 Å². The van der Waals surface area contributed by atoms with Crippen LogP contribution in [0.25, 0.3) is 0 Å². The molecular weight excluding hydrogens is 272 g/mol. The summed E-state index contributed by atoms with van der Waals surface area (Å²) in [4.78, 5) is 10.9. The van der Waals surface area contributed by atoms with Gasteiger partial charge in [0.1, 0.15) is 5.75 Å². The molecule has 88 valence electrons. The van der Waals surface area contributed by atoms with Crippen LogP contribution in [0.5, 0.6) is 5.75 Å². The fourth-order valence-corrected chi connectivity index (χ4v) is 1.30. The van der Waals surface area contributed by atoms with E-state index in [0.717, 1.165) is 0 Å². The first-order valence-corrected chi connectivity index (χ1v) is 5.58. The van der Waals surface area contributed by atoms with E-state index in [1.54, 1.807) is 24.3 Å². The van der Waals surface area contributed by atoms with Gasteiger partial charge in [-0.25, -0.2) is 0 Å².